The van der Waals surface area contributed by atoms with E-state index in [1.165, 1.54) is 32.7 Å². The molecule has 181 valence electrons. The second-order valence-corrected chi connectivity index (χ2v) is 9.57. The Morgan fingerprint density at radius 1 is 0.971 bits per heavy atom. The lowest BCUT2D eigenvalue weighted by Crippen LogP contribution is -2.57. The van der Waals surface area contributed by atoms with Crippen LogP contribution in [0.15, 0.2) is 79.1 Å². The zero-order valence-electron chi connectivity index (χ0n) is 19.7. The number of benzene rings is 2. The van der Waals surface area contributed by atoms with Crippen LogP contribution >= 0.6 is 11.8 Å². The highest BCUT2D eigenvalue weighted by molar-refractivity contribution is 7.98. The monoisotopic (exact) mass is 489 g/mol. The van der Waals surface area contributed by atoms with Crippen LogP contribution in [0.1, 0.15) is 19.4 Å². The molecule has 0 fully saturated rings. The molecule has 1 radical (unpaired) electrons. The molecule has 0 aliphatic rings. The van der Waals surface area contributed by atoms with E-state index in [1.807, 2.05) is 18.2 Å². The third-order valence-corrected chi connectivity index (χ3v) is 6.51. The van der Waals surface area contributed by atoms with Gasteiger partial charge in [0.2, 0.25) is 17.7 Å². The minimum absolute atomic E-state index is 0.443. The van der Waals surface area contributed by atoms with Crippen molar-refractivity contribution in [3.05, 3.63) is 91.1 Å². The van der Waals surface area contributed by atoms with Gasteiger partial charge in [-0.25, -0.2) is 0 Å². The molecule has 0 spiro atoms. The number of nitrogens with zero attached hydrogens (tertiary/aromatic N) is 1. The fourth-order valence-corrected chi connectivity index (χ4v) is 4.12. The summed E-state index contributed by atoms with van der Waals surface area (Å²) >= 11 is 1.57. The number of pyridine rings is 1. The molecule has 1 heterocycles. The summed E-state index contributed by atoms with van der Waals surface area (Å²) < 4.78 is 0. The predicted octanol–water partition coefficient (Wildman–Crippen LogP) is 3.82. The average molecular weight is 490 g/mol. The summed E-state index contributed by atoms with van der Waals surface area (Å²) in [5.41, 5.74) is 8.18. The minimum Gasteiger partial charge on any atom is -0.369 e. The van der Waals surface area contributed by atoms with E-state index in [9.17, 15) is 14.4 Å². The van der Waals surface area contributed by atoms with Crippen LogP contribution in [0.5, 0.6) is 0 Å². The van der Waals surface area contributed by atoms with Crippen LogP contribution in [-0.2, 0) is 20.1 Å². The van der Waals surface area contributed by atoms with Crippen molar-refractivity contribution in [3.8, 4) is 11.1 Å². The van der Waals surface area contributed by atoms with E-state index in [0.29, 0.717) is 11.4 Å². The Hall–Kier alpha value is -3.65. The maximum atomic E-state index is 12.9. The molecule has 8 heteroatoms. The molecule has 0 saturated heterocycles. The molecule has 4 N–H and O–H groups in total. The third kappa shape index (κ3) is 7.42. The maximum absolute atomic E-state index is 12.9. The van der Waals surface area contributed by atoms with Gasteiger partial charge in [-0.05, 0) is 42.7 Å². The Kier molecular flexibility index (Phi) is 9.03. The smallest absolute Gasteiger partial charge is 0.248 e. The number of amides is 3. The first-order chi connectivity index (χ1) is 16.8. The van der Waals surface area contributed by atoms with Gasteiger partial charge in [0.1, 0.15) is 6.04 Å². The van der Waals surface area contributed by atoms with Gasteiger partial charge >= 0.3 is 0 Å². The van der Waals surface area contributed by atoms with Gasteiger partial charge in [0, 0.05) is 29.6 Å². The molecule has 1 atom stereocenters. The highest BCUT2D eigenvalue weighted by Gasteiger charge is 2.41. The van der Waals surface area contributed by atoms with Crippen molar-refractivity contribution in [1.29, 1.82) is 0 Å². The maximum Gasteiger partial charge on any atom is 0.248 e. The number of thioether (sulfide) groups is 1. The minimum atomic E-state index is -1.30. The number of aromatic nitrogens is 1. The summed E-state index contributed by atoms with van der Waals surface area (Å²) in [6, 6.07) is 20.6. The van der Waals surface area contributed by atoms with Gasteiger partial charge in [-0.15, -0.1) is 0 Å². The van der Waals surface area contributed by atoms with Crippen molar-refractivity contribution < 1.29 is 14.4 Å². The van der Waals surface area contributed by atoms with Crippen LogP contribution in [-0.4, -0.2) is 34.5 Å². The number of hydrogen-bond donors (Lipinski definition) is 3. The van der Waals surface area contributed by atoms with Crippen LogP contribution in [0.3, 0.4) is 0 Å². The van der Waals surface area contributed by atoms with Crippen molar-refractivity contribution in [3.63, 3.8) is 0 Å². The van der Waals surface area contributed by atoms with Crippen LogP contribution in [0.25, 0.3) is 11.1 Å². The number of carbonyl (C=O) groups is 3. The number of primary amides is 1. The molecule has 1 aromatic heterocycles. The lowest BCUT2D eigenvalue weighted by atomic mass is 9.82. The van der Waals surface area contributed by atoms with Gasteiger partial charge < -0.3 is 16.4 Å². The fraction of sp³-hybridized carbons (Fsp3) is 0.222. The average Bonchev–Trinajstić information content (AvgIpc) is 2.86. The van der Waals surface area contributed by atoms with Crippen molar-refractivity contribution in [1.82, 2.24) is 10.3 Å². The molecule has 35 heavy (non-hydrogen) atoms. The zero-order valence-corrected chi connectivity index (χ0v) is 20.5. The highest BCUT2D eigenvalue weighted by atomic mass is 32.2. The largest absolute Gasteiger partial charge is 0.369 e. The number of rotatable bonds is 11. The SMILES string of the molecule is CC(C)(C(N)=O)[C@H](NC(=O)[CH]CSCc1ccc(-c2ccccc2)cc1)C(=O)Nc1ccncc1. The first-order valence-electron chi connectivity index (χ1n) is 11.1. The molecule has 0 aliphatic heterocycles. The summed E-state index contributed by atoms with van der Waals surface area (Å²) in [5, 5.41) is 5.34. The van der Waals surface area contributed by atoms with E-state index in [4.69, 9.17) is 5.73 Å². The Morgan fingerprint density at radius 3 is 2.23 bits per heavy atom. The van der Waals surface area contributed by atoms with Gasteiger partial charge in [-0.3, -0.25) is 19.4 Å². The topological polar surface area (TPSA) is 114 Å². The molecule has 3 rings (SSSR count). The first kappa shape index (κ1) is 26.0. The van der Waals surface area contributed by atoms with Crippen LogP contribution < -0.4 is 16.4 Å². The highest BCUT2D eigenvalue weighted by Crippen LogP contribution is 2.23. The second-order valence-electron chi connectivity index (χ2n) is 8.53. The van der Waals surface area contributed by atoms with E-state index in [-0.39, 0.29) is 0 Å². The van der Waals surface area contributed by atoms with Gasteiger partial charge in [0.05, 0.1) is 11.8 Å². The van der Waals surface area contributed by atoms with Crippen molar-refractivity contribution in [2.45, 2.75) is 25.6 Å². The summed E-state index contributed by atoms with van der Waals surface area (Å²) in [7, 11) is 0. The van der Waals surface area contributed by atoms with Crippen molar-refractivity contribution in [2.24, 2.45) is 11.1 Å². The molecule has 0 saturated carbocycles. The van der Waals surface area contributed by atoms with Crippen LogP contribution in [0, 0.1) is 11.8 Å². The first-order valence-corrected chi connectivity index (χ1v) is 12.3. The predicted molar refractivity (Wildman–Crippen MR) is 140 cm³/mol. The second kappa shape index (κ2) is 12.2. The van der Waals surface area contributed by atoms with Crippen LogP contribution in [0.4, 0.5) is 5.69 Å². The normalized spacial score (nSPS) is 11.9. The fourth-order valence-electron chi connectivity index (χ4n) is 3.30. The summed E-state index contributed by atoms with van der Waals surface area (Å²) in [6.45, 7) is 3.06. The van der Waals surface area contributed by atoms with Crippen LogP contribution in [0.2, 0.25) is 0 Å². The number of hydrogen-bond acceptors (Lipinski definition) is 5. The van der Waals surface area contributed by atoms with Gasteiger partial charge in [-0.1, -0.05) is 54.6 Å². The summed E-state index contributed by atoms with van der Waals surface area (Å²) in [5.74, 6) is -0.491. The lowest BCUT2D eigenvalue weighted by Gasteiger charge is -2.31. The Labute approximate surface area is 209 Å². The van der Waals surface area contributed by atoms with E-state index in [2.05, 4.69) is 52.0 Å². The molecular formula is C27H29N4O3S. The number of nitrogens with two attached hydrogens (primary N) is 1. The van der Waals surface area contributed by atoms with Gasteiger partial charge in [0.25, 0.3) is 0 Å². The van der Waals surface area contributed by atoms with E-state index in [1.54, 1.807) is 23.9 Å². The van der Waals surface area contributed by atoms with E-state index < -0.39 is 29.2 Å². The molecule has 3 aromatic rings. The Bertz CT molecular complexity index is 1140. The molecule has 0 unspecified atom stereocenters. The molecule has 3 amide bonds. The lowest BCUT2D eigenvalue weighted by molar-refractivity contribution is -0.135. The third-order valence-electron chi connectivity index (χ3n) is 5.57. The molecule has 7 nitrogen and oxygen atoms in total. The van der Waals surface area contributed by atoms with Gasteiger partial charge in [0.15, 0.2) is 0 Å². The number of nitrogens with one attached hydrogen (secondary N) is 2. The molecular weight excluding hydrogens is 460 g/mol. The molecule has 0 aliphatic carbocycles. The van der Waals surface area contributed by atoms with Crippen molar-refractivity contribution >= 4 is 35.2 Å². The Morgan fingerprint density at radius 2 is 1.60 bits per heavy atom. The standard InChI is InChI=1S/C27H29N4O3S/c1-27(2,26(28)34)24(25(33)30-22-12-15-29-16-13-22)31-23(32)14-17-35-18-19-8-10-21(11-9-19)20-6-4-3-5-7-20/h3-16,24H,17-18H2,1-2H3,(H2,28,34)(H,31,32)(H,29,30,33)/t24-/m1/s1. The number of anilines is 1. The van der Waals surface area contributed by atoms with Crippen molar-refractivity contribution in [2.75, 3.05) is 11.1 Å². The van der Waals surface area contributed by atoms with Gasteiger partial charge in [-0.2, -0.15) is 11.8 Å². The number of carbonyl (C=O) groups excluding carboxylic acids is 3. The van der Waals surface area contributed by atoms with E-state index >= 15 is 0 Å². The quantitative estimate of drug-likeness (QED) is 0.354. The molecule has 0 bridgehead atoms. The molecule has 2 aromatic carbocycles. The van der Waals surface area contributed by atoms with E-state index in [0.717, 1.165) is 22.4 Å². The summed E-state index contributed by atoms with van der Waals surface area (Å²) in [4.78, 5) is 41.3. The summed E-state index contributed by atoms with van der Waals surface area (Å²) in [6.07, 6.45) is 4.53. The zero-order chi connectivity index (χ0) is 25.3. The Balaban J connectivity index is 1.51.